The van der Waals surface area contributed by atoms with E-state index in [2.05, 4.69) is 31.3 Å². The van der Waals surface area contributed by atoms with Gasteiger partial charge in [-0.15, -0.1) is 0 Å². The van der Waals surface area contributed by atoms with E-state index >= 15 is 0 Å². The van der Waals surface area contributed by atoms with Crippen molar-refractivity contribution in [3.8, 4) is 0 Å². The lowest BCUT2D eigenvalue weighted by Gasteiger charge is -2.26. The third-order valence-electron chi connectivity index (χ3n) is 3.58. The Morgan fingerprint density at radius 3 is 2.62 bits per heavy atom. The Morgan fingerprint density at radius 1 is 1.24 bits per heavy atom. The fraction of sp³-hybridized carbons (Fsp3) is 0.353. The molecule has 4 nitrogen and oxygen atoms in total. The van der Waals surface area contributed by atoms with Gasteiger partial charge in [0.15, 0.2) is 0 Å². The third kappa shape index (κ3) is 4.46. The molecule has 4 heteroatoms. The molecule has 0 aliphatic carbocycles. The third-order valence-corrected chi connectivity index (χ3v) is 3.58. The second kappa shape index (κ2) is 6.59. The summed E-state index contributed by atoms with van der Waals surface area (Å²) < 4.78 is 4.98. The van der Waals surface area contributed by atoms with Gasteiger partial charge in [-0.05, 0) is 38.3 Å². The molecule has 2 rings (SSSR count). The number of aryl methyl sites for hydroxylation is 1. The quantitative estimate of drug-likeness (QED) is 0.818. The highest BCUT2D eigenvalue weighted by atomic mass is 16.4. The molecule has 2 N–H and O–H groups in total. The number of benzene rings is 1. The van der Waals surface area contributed by atoms with Gasteiger partial charge in [0.1, 0.15) is 0 Å². The van der Waals surface area contributed by atoms with Crippen molar-refractivity contribution in [1.82, 2.24) is 5.32 Å². The lowest BCUT2D eigenvalue weighted by Crippen LogP contribution is -2.39. The second-order valence-electron chi connectivity index (χ2n) is 5.80. The molecule has 0 saturated carbocycles. The van der Waals surface area contributed by atoms with Gasteiger partial charge in [-0.25, -0.2) is 4.79 Å². The number of hydrogen-bond acceptors (Lipinski definition) is 3. The van der Waals surface area contributed by atoms with E-state index in [1.165, 1.54) is 11.8 Å². The van der Waals surface area contributed by atoms with E-state index in [-0.39, 0.29) is 11.3 Å². The maximum absolute atomic E-state index is 11.0. The summed E-state index contributed by atoms with van der Waals surface area (Å²) in [6.07, 6.45) is 3.37. The fourth-order valence-electron chi connectivity index (χ4n) is 2.19. The molecule has 0 atom stereocenters. The average molecular weight is 287 g/mol. The molecule has 0 spiro atoms. The summed E-state index contributed by atoms with van der Waals surface area (Å²) in [6.45, 7) is 4.73. The van der Waals surface area contributed by atoms with Crippen molar-refractivity contribution in [2.75, 3.05) is 0 Å². The summed E-state index contributed by atoms with van der Waals surface area (Å²) in [7, 11) is 0. The Labute approximate surface area is 124 Å². The Bertz CT molecular complexity index is 587. The summed E-state index contributed by atoms with van der Waals surface area (Å²) in [5.41, 5.74) is 1.90. The van der Waals surface area contributed by atoms with Crippen LogP contribution in [0.3, 0.4) is 0 Å². The minimum atomic E-state index is -1.03. The summed E-state index contributed by atoms with van der Waals surface area (Å²) in [5.74, 6) is -1.01. The number of furan rings is 1. The maximum Gasteiger partial charge on any atom is 0.372 e. The van der Waals surface area contributed by atoms with Crippen molar-refractivity contribution >= 4 is 5.97 Å². The van der Waals surface area contributed by atoms with E-state index in [9.17, 15) is 4.79 Å². The Kier molecular flexibility index (Phi) is 4.81. The van der Waals surface area contributed by atoms with Gasteiger partial charge in [-0.2, -0.15) is 0 Å². The molecule has 0 unspecified atom stereocenters. The van der Waals surface area contributed by atoms with Crippen LogP contribution in [0, 0.1) is 0 Å². The molecule has 2 aromatic rings. The number of carboxylic acids is 1. The van der Waals surface area contributed by atoms with Gasteiger partial charge in [-0.1, -0.05) is 30.3 Å². The molecule has 0 radical (unpaired) electrons. The van der Waals surface area contributed by atoms with Crippen LogP contribution in [0.15, 0.2) is 47.1 Å². The molecule has 1 heterocycles. The topological polar surface area (TPSA) is 62.5 Å². The zero-order chi connectivity index (χ0) is 15.3. The van der Waals surface area contributed by atoms with Crippen molar-refractivity contribution < 1.29 is 14.3 Å². The van der Waals surface area contributed by atoms with Crippen LogP contribution in [0.1, 0.15) is 41.9 Å². The average Bonchev–Trinajstić information content (AvgIpc) is 2.93. The normalized spacial score (nSPS) is 11.5. The largest absolute Gasteiger partial charge is 0.475 e. The number of hydrogen-bond donors (Lipinski definition) is 2. The van der Waals surface area contributed by atoms with Gasteiger partial charge in [0.2, 0.25) is 5.76 Å². The Morgan fingerprint density at radius 2 is 1.95 bits per heavy atom. The smallest absolute Gasteiger partial charge is 0.372 e. The molecule has 1 aromatic carbocycles. The molecule has 0 saturated heterocycles. The Hall–Kier alpha value is -2.07. The molecule has 0 aliphatic rings. The first-order valence-corrected chi connectivity index (χ1v) is 7.06. The number of carbonyl (C=O) groups is 1. The van der Waals surface area contributed by atoms with Crippen LogP contribution >= 0.6 is 0 Å². The van der Waals surface area contributed by atoms with Crippen molar-refractivity contribution in [3.63, 3.8) is 0 Å². The van der Waals surface area contributed by atoms with Crippen LogP contribution in [0.5, 0.6) is 0 Å². The maximum atomic E-state index is 11.0. The number of nitrogens with one attached hydrogen (secondary N) is 1. The highest BCUT2D eigenvalue weighted by Crippen LogP contribution is 2.16. The molecule has 21 heavy (non-hydrogen) atoms. The van der Waals surface area contributed by atoms with Crippen LogP contribution in [-0.2, 0) is 13.0 Å². The molecule has 112 valence electrons. The molecule has 0 amide bonds. The zero-order valence-electron chi connectivity index (χ0n) is 12.4. The Balaban J connectivity index is 1.89. The summed E-state index contributed by atoms with van der Waals surface area (Å²) in [6, 6.07) is 12.0. The minimum Gasteiger partial charge on any atom is -0.475 e. The van der Waals surface area contributed by atoms with Crippen LogP contribution in [0.4, 0.5) is 0 Å². The van der Waals surface area contributed by atoms with E-state index in [0.29, 0.717) is 12.1 Å². The predicted octanol–water partition coefficient (Wildman–Crippen LogP) is 3.48. The van der Waals surface area contributed by atoms with Gasteiger partial charge < -0.3 is 14.8 Å². The summed E-state index contributed by atoms with van der Waals surface area (Å²) in [4.78, 5) is 11.0. The number of carboxylic acid groups (broad SMARTS) is 1. The van der Waals surface area contributed by atoms with Crippen molar-refractivity contribution in [2.45, 2.75) is 38.8 Å². The van der Waals surface area contributed by atoms with Crippen molar-refractivity contribution in [3.05, 3.63) is 59.5 Å². The highest BCUT2D eigenvalue weighted by molar-refractivity contribution is 5.86. The van der Waals surface area contributed by atoms with Gasteiger partial charge in [0, 0.05) is 17.6 Å². The van der Waals surface area contributed by atoms with E-state index in [0.717, 1.165) is 12.8 Å². The first-order chi connectivity index (χ1) is 9.98. The number of aromatic carboxylic acids is 1. The summed E-state index contributed by atoms with van der Waals surface area (Å²) in [5, 5.41) is 12.4. The lowest BCUT2D eigenvalue weighted by molar-refractivity contribution is 0.0660. The van der Waals surface area contributed by atoms with Gasteiger partial charge >= 0.3 is 5.97 Å². The standard InChI is InChI=1S/C17H21NO3/c1-17(2,10-8-13-6-4-3-5-7-13)18-12-14-9-11-21-15(14)16(19)20/h3-7,9,11,18H,8,10,12H2,1-2H3,(H,19,20). The summed E-state index contributed by atoms with van der Waals surface area (Å²) >= 11 is 0. The van der Waals surface area contributed by atoms with Crippen LogP contribution in [-0.4, -0.2) is 16.6 Å². The lowest BCUT2D eigenvalue weighted by atomic mass is 9.95. The van der Waals surface area contributed by atoms with Crippen LogP contribution in [0.25, 0.3) is 0 Å². The van der Waals surface area contributed by atoms with Crippen LogP contribution in [0.2, 0.25) is 0 Å². The molecule has 1 aromatic heterocycles. The minimum absolute atomic E-state index is 0.0151. The van der Waals surface area contributed by atoms with Gasteiger partial charge in [0.25, 0.3) is 0 Å². The predicted molar refractivity (Wildman–Crippen MR) is 81.3 cm³/mol. The number of rotatable bonds is 7. The van der Waals surface area contributed by atoms with Gasteiger partial charge in [-0.3, -0.25) is 0 Å². The van der Waals surface area contributed by atoms with Crippen molar-refractivity contribution in [1.29, 1.82) is 0 Å². The zero-order valence-corrected chi connectivity index (χ0v) is 12.4. The molecular weight excluding hydrogens is 266 g/mol. The SMILES string of the molecule is CC(C)(CCc1ccccc1)NCc1ccoc1C(=O)O. The molecule has 0 bridgehead atoms. The monoisotopic (exact) mass is 287 g/mol. The fourth-order valence-corrected chi connectivity index (χ4v) is 2.19. The highest BCUT2D eigenvalue weighted by Gasteiger charge is 2.20. The molecule has 0 fully saturated rings. The first kappa shape index (κ1) is 15.3. The van der Waals surface area contributed by atoms with E-state index in [1.54, 1.807) is 6.07 Å². The van der Waals surface area contributed by atoms with E-state index in [1.807, 2.05) is 18.2 Å². The van der Waals surface area contributed by atoms with E-state index in [4.69, 9.17) is 9.52 Å². The second-order valence-corrected chi connectivity index (χ2v) is 5.80. The first-order valence-electron chi connectivity index (χ1n) is 7.06. The van der Waals surface area contributed by atoms with Gasteiger partial charge in [0.05, 0.1) is 6.26 Å². The van der Waals surface area contributed by atoms with E-state index < -0.39 is 5.97 Å². The molecule has 0 aliphatic heterocycles. The van der Waals surface area contributed by atoms with Crippen LogP contribution < -0.4 is 5.32 Å². The molecular formula is C17H21NO3. The van der Waals surface area contributed by atoms with Crippen molar-refractivity contribution in [2.24, 2.45) is 0 Å².